The Morgan fingerprint density at radius 2 is 1.80 bits per heavy atom. The van der Waals surface area contributed by atoms with Crippen molar-refractivity contribution in [2.45, 2.75) is 70.9 Å². The zero-order valence-electron chi connectivity index (χ0n) is 23.0. The number of nitrogens with zero attached hydrogens (tertiary/aromatic N) is 1. The van der Waals surface area contributed by atoms with Gasteiger partial charge in [-0.3, -0.25) is 9.78 Å². The molecular formula is C31H35ClFN3O4. The van der Waals surface area contributed by atoms with Gasteiger partial charge in [-0.15, -0.1) is 0 Å². The van der Waals surface area contributed by atoms with Gasteiger partial charge in [0.1, 0.15) is 5.60 Å². The van der Waals surface area contributed by atoms with Crippen LogP contribution in [0.1, 0.15) is 69.7 Å². The van der Waals surface area contributed by atoms with Gasteiger partial charge in [0.15, 0.2) is 17.3 Å². The third kappa shape index (κ3) is 6.49. The summed E-state index contributed by atoms with van der Waals surface area (Å²) < 4.78 is 19.6. The Kier molecular flexibility index (Phi) is 7.91. The number of ether oxygens (including phenoxy) is 1. The number of hydrogen-bond donors (Lipinski definition) is 3. The Labute approximate surface area is 238 Å². The number of hydrogen-bond acceptors (Lipinski definition) is 6. The number of pyridine rings is 1. The van der Waals surface area contributed by atoms with Gasteiger partial charge in [-0.2, -0.15) is 0 Å². The summed E-state index contributed by atoms with van der Waals surface area (Å²) in [6, 6.07) is 8.49. The lowest BCUT2D eigenvalue weighted by Gasteiger charge is -2.31. The highest BCUT2D eigenvalue weighted by Crippen LogP contribution is 2.40. The number of nitrogens with one attached hydrogen (secondary N) is 2. The van der Waals surface area contributed by atoms with Gasteiger partial charge < -0.3 is 20.5 Å². The Balaban J connectivity index is 1.37. The number of carbonyl (C=O) groups is 2. The number of alkyl carbamates (subject to hydrolysis) is 1. The molecule has 212 valence electrons. The molecule has 1 aromatic heterocycles. The lowest BCUT2D eigenvalue weighted by molar-refractivity contribution is 0.0515. The van der Waals surface area contributed by atoms with E-state index in [1.807, 2.05) is 39.0 Å². The van der Waals surface area contributed by atoms with Crippen molar-refractivity contribution in [1.82, 2.24) is 10.3 Å². The molecule has 0 saturated heterocycles. The van der Waals surface area contributed by atoms with E-state index in [0.29, 0.717) is 29.2 Å². The van der Waals surface area contributed by atoms with Gasteiger partial charge in [0.05, 0.1) is 21.8 Å². The molecule has 40 heavy (non-hydrogen) atoms. The van der Waals surface area contributed by atoms with Crippen molar-refractivity contribution in [1.29, 1.82) is 0 Å². The number of carbonyl (C=O) groups excluding carboxylic acids is 2. The Hall–Kier alpha value is -3.39. The summed E-state index contributed by atoms with van der Waals surface area (Å²) in [5.41, 5.74) is 2.74. The molecule has 0 aliphatic heterocycles. The minimum atomic E-state index is -0.797. The second kappa shape index (κ2) is 11.2. The van der Waals surface area contributed by atoms with Crippen molar-refractivity contribution >= 4 is 40.1 Å². The Morgan fingerprint density at radius 3 is 2.45 bits per heavy atom. The number of aromatic hydroxyl groups is 1. The molecule has 0 unspecified atom stereocenters. The van der Waals surface area contributed by atoms with Gasteiger partial charge in [-0.25, -0.2) is 9.18 Å². The molecule has 1 amide bonds. The van der Waals surface area contributed by atoms with Crippen LogP contribution >= 0.6 is 11.6 Å². The summed E-state index contributed by atoms with van der Waals surface area (Å²) in [6.07, 6.45) is 6.68. The highest BCUT2D eigenvalue weighted by molar-refractivity contribution is 6.32. The van der Waals surface area contributed by atoms with Crippen molar-refractivity contribution < 1.29 is 23.8 Å². The highest BCUT2D eigenvalue weighted by atomic mass is 35.5. The van der Waals surface area contributed by atoms with Crippen LogP contribution in [0.15, 0.2) is 36.5 Å². The van der Waals surface area contributed by atoms with Gasteiger partial charge in [0, 0.05) is 30.1 Å². The molecule has 1 heterocycles. The molecular weight excluding hydrogens is 533 g/mol. The Bertz CT molecular complexity index is 1420. The molecule has 2 aromatic carbocycles. The summed E-state index contributed by atoms with van der Waals surface area (Å²) in [7, 11) is 0. The van der Waals surface area contributed by atoms with Crippen LogP contribution in [0.25, 0.3) is 22.0 Å². The van der Waals surface area contributed by atoms with Crippen LogP contribution in [0.5, 0.6) is 5.75 Å². The van der Waals surface area contributed by atoms with Crippen molar-refractivity contribution in [2.75, 3.05) is 11.9 Å². The van der Waals surface area contributed by atoms with E-state index < -0.39 is 23.3 Å². The summed E-state index contributed by atoms with van der Waals surface area (Å²) in [5, 5.41) is 17.0. The lowest BCUT2D eigenvalue weighted by Crippen LogP contribution is -2.37. The molecule has 0 atom stereocenters. The van der Waals surface area contributed by atoms with Crippen LogP contribution in [-0.4, -0.2) is 40.2 Å². The van der Waals surface area contributed by atoms with Crippen LogP contribution < -0.4 is 10.6 Å². The SMILES string of the molecule is CC(C)(C)OC(=O)NCC1CCC(Nc2c(C(=O)C3CC3)cnc3ccc(-c4cc(F)c(O)c(Cl)c4)cc23)CC1. The van der Waals surface area contributed by atoms with E-state index in [0.717, 1.165) is 55.1 Å². The van der Waals surface area contributed by atoms with Crippen LogP contribution in [0.4, 0.5) is 14.9 Å². The molecule has 2 fully saturated rings. The molecule has 2 aliphatic rings. The molecule has 3 aromatic rings. The zero-order chi connectivity index (χ0) is 28.6. The second-order valence-electron chi connectivity index (χ2n) is 12.0. The monoisotopic (exact) mass is 567 g/mol. The number of Topliss-reactive ketones (excluding diaryl/α,β-unsaturated/α-hetero) is 1. The van der Waals surface area contributed by atoms with Crippen LogP contribution in [0, 0.1) is 17.7 Å². The number of rotatable bonds is 7. The highest BCUT2D eigenvalue weighted by Gasteiger charge is 2.33. The first-order valence-electron chi connectivity index (χ1n) is 13.9. The zero-order valence-corrected chi connectivity index (χ0v) is 23.8. The minimum Gasteiger partial charge on any atom is -0.504 e. The van der Waals surface area contributed by atoms with Gasteiger partial charge >= 0.3 is 6.09 Å². The maximum Gasteiger partial charge on any atom is 0.407 e. The largest absolute Gasteiger partial charge is 0.504 e. The number of amides is 1. The second-order valence-corrected chi connectivity index (χ2v) is 12.4. The van der Waals surface area contributed by atoms with E-state index in [-0.39, 0.29) is 22.8 Å². The molecule has 0 bridgehead atoms. The maximum absolute atomic E-state index is 14.3. The molecule has 0 spiro atoms. The summed E-state index contributed by atoms with van der Waals surface area (Å²) in [5.74, 6) is -0.897. The number of phenolic OH excluding ortho intramolecular Hbond substituents is 1. The first kappa shape index (κ1) is 28.1. The predicted molar refractivity (Wildman–Crippen MR) is 154 cm³/mol. The van der Waals surface area contributed by atoms with Crippen molar-refractivity contribution in [3.8, 4) is 16.9 Å². The van der Waals surface area contributed by atoms with Crippen LogP contribution in [0.3, 0.4) is 0 Å². The molecule has 7 nitrogen and oxygen atoms in total. The van der Waals surface area contributed by atoms with Crippen molar-refractivity contribution in [3.63, 3.8) is 0 Å². The number of halogens is 2. The maximum atomic E-state index is 14.3. The van der Waals surface area contributed by atoms with Gasteiger partial charge in [-0.05, 0) is 101 Å². The van der Waals surface area contributed by atoms with E-state index >= 15 is 0 Å². The first-order valence-corrected chi connectivity index (χ1v) is 14.2. The van der Waals surface area contributed by atoms with E-state index in [9.17, 15) is 19.1 Å². The predicted octanol–water partition coefficient (Wildman–Crippen LogP) is 7.49. The average molecular weight is 568 g/mol. The molecule has 3 N–H and O–H groups in total. The summed E-state index contributed by atoms with van der Waals surface area (Å²) in [4.78, 5) is 29.9. The first-order chi connectivity index (χ1) is 19.0. The third-order valence-corrected chi connectivity index (χ3v) is 7.85. The molecule has 0 radical (unpaired) electrons. The summed E-state index contributed by atoms with van der Waals surface area (Å²) in [6.45, 7) is 6.10. The molecule has 2 aliphatic carbocycles. The average Bonchev–Trinajstić information content (AvgIpc) is 3.75. The smallest absolute Gasteiger partial charge is 0.407 e. The molecule has 2 saturated carbocycles. The number of ketones is 1. The van der Waals surface area contributed by atoms with E-state index in [4.69, 9.17) is 16.3 Å². The quantitative estimate of drug-likeness (QED) is 0.256. The molecule has 5 rings (SSSR count). The lowest BCUT2D eigenvalue weighted by atomic mass is 9.85. The van der Waals surface area contributed by atoms with Crippen molar-refractivity contribution in [3.05, 3.63) is 52.9 Å². The van der Waals surface area contributed by atoms with E-state index in [1.165, 1.54) is 12.1 Å². The fourth-order valence-electron chi connectivity index (χ4n) is 5.27. The van der Waals surface area contributed by atoms with E-state index in [1.54, 1.807) is 6.20 Å². The number of fused-ring (bicyclic) bond motifs is 1. The number of phenols is 1. The fraction of sp³-hybridized carbons (Fsp3) is 0.452. The van der Waals surface area contributed by atoms with Gasteiger partial charge in [0.2, 0.25) is 0 Å². The van der Waals surface area contributed by atoms with Gasteiger partial charge in [-0.1, -0.05) is 17.7 Å². The van der Waals surface area contributed by atoms with Crippen molar-refractivity contribution in [2.24, 2.45) is 11.8 Å². The normalized spacial score (nSPS) is 19.3. The standard InChI is InChI=1S/C31H35ClFN3O4/c1-31(2,3)40-30(39)35-15-17-4-9-21(10-5-17)36-27-22-12-19(20-13-24(32)29(38)25(33)14-20)8-11-26(22)34-16-23(27)28(37)18-6-7-18/h8,11-14,16-18,21,38H,4-7,9-10,15H2,1-3H3,(H,34,36)(H,35,39). The fourth-order valence-corrected chi connectivity index (χ4v) is 5.48. The third-order valence-electron chi connectivity index (χ3n) is 7.56. The topological polar surface area (TPSA) is 101 Å². The minimum absolute atomic E-state index is 0.0302. The van der Waals surface area contributed by atoms with Crippen LogP contribution in [-0.2, 0) is 4.74 Å². The number of benzene rings is 2. The summed E-state index contributed by atoms with van der Waals surface area (Å²) >= 11 is 6.05. The van der Waals surface area contributed by atoms with Crippen LogP contribution in [0.2, 0.25) is 5.02 Å². The number of aromatic nitrogens is 1. The van der Waals surface area contributed by atoms with E-state index in [2.05, 4.69) is 15.6 Å². The Morgan fingerprint density at radius 1 is 1.07 bits per heavy atom. The molecule has 9 heteroatoms. The number of anilines is 1. The van der Waals surface area contributed by atoms with Gasteiger partial charge in [0.25, 0.3) is 0 Å².